The fraction of sp³-hybridized carbons (Fsp3) is 0.429. The van der Waals surface area contributed by atoms with Crippen molar-refractivity contribution in [1.82, 2.24) is 5.32 Å². The SMILES string of the molecule is Cc1cc(N2C(=O)C(C)(C)N(c3ccc(OCC4(NC(=O)OC(C)(C)C)CC4)c(F)c3)C2=S)ccc1C#N. The number of hydrogen-bond acceptors (Lipinski definition) is 6. The summed E-state index contributed by atoms with van der Waals surface area (Å²) in [6, 6.07) is 11.6. The van der Waals surface area contributed by atoms with Crippen LogP contribution in [0.5, 0.6) is 5.75 Å². The molecule has 1 N–H and O–H groups in total. The van der Waals surface area contributed by atoms with Gasteiger partial charge >= 0.3 is 6.09 Å². The van der Waals surface area contributed by atoms with Gasteiger partial charge in [-0.1, -0.05) is 0 Å². The van der Waals surface area contributed by atoms with Gasteiger partial charge in [-0.15, -0.1) is 0 Å². The zero-order chi connectivity index (χ0) is 28.0. The van der Waals surface area contributed by atoms with E-state index in [9.17, 15) is 14.9 Å². The van der Waals surface area contributed by atoms with Crippen molar-refractivity contribution in [2.75, 3.05) is 16.4 Å². The molecule has 0 spiro atoms. The molecule has 1 aliphatic carbocycles. The van der Waals surface area contributed by atoms with Gasteiger partial charge in [-0.3, -0.25) is 9.69 Å². The lowest BCUT2D eigenvalue weighted by molar-refractivity contribution is -0.120. The molecule has 1 aliphatic heterocycles. The smallest absolute Gasteiger partial charge is 0.408 e. The monoisotopic (exact) mass is 538 g/mol. The summed E-state index contributed by atoms with van der Waals surface area (Å²) in [4.78, 5) is 28.6. The molecule has 2 aromatic rings. The van der Waals surface area contributed by atoms with E-state index in [-0.39, 0.29) is 23.4 Å². The van der Waals surface area contributed by atoms with Crippen LogP contribution in [0.1, 0.15) is 58.6 Å². The Morgan fingerprint density at radius 2 is 1.84 bits per heavy atom. The number of halogens is 1. The summed E-state index contributed by atoms with van der Waals surface area (Å²) in [5, 5.41) is 12.3. The van der Waals surface area contributed by atoms with Gasteiger partial charge in [0.15, 0.2) is 16.7 Å². The number of anilines is 2. The Balaban J connectivity index is 1.51. The Morgan fingerprint density at radius 1 is 1.18 bits per heavy atom. The van der Waals surface area contributed by atoms with E-state index in [1.165, 1.54) is 17.0 Å². The number of ether oxygens (including phenoxy) is 2. The molecule has 38 heavy (non-hydrogen) atoms. The number of nitrogens with one attached hydrogen (secondary N) is 1. The van der Waals surface area contributed by atoms with Crippen molar-refractivity contribution in [3.63, 3.8) is 0 Å². The maximum atomic E-state index is 15.2. The normalized spacial score (nSPS) is 17.7. The van der Waals surface area contributed by atoms with Crippen LogP contribution in [0.2, 0.25) is 0 Å². The van der Waals surface area contributed by atoms with Gasteiger partial charge in [0.1, 0.15) is 17.7 Å². The van der Waals surface area contributed by atoms with Crippen LogP contribution in [0.25, 0.3) is 0 Å². The third-order valence-corrected chi connectivity index (χ3v) is 6.92. The van der Waals surface area contributed by atoms with E-state index in [4.69, 9.17) is 21.7 Å². The number of rotatable bonds is 6. The van der Waals surface area contributed by atoms with E-state index in [2.05, 4.69) is 11.4 Å². The quantitative estimate of drug-likeness (QED) is 0.495. The molecule has 10 heteroatoms. The highest BCUT2D eigenvalue weighted by Gasteiger charge is 2.50. The molecular weight excluding hydrogens is 507 g/mol. The first-order valence-electron chi connectivity index (χ1n) is 12.3. The average molecular weight is 539 g/mol. The van der Waals surface area contributed by atoms with Crippen LogP contribution in [-0.4, -0.2) is 40.4 Å². The third kappa shape index (κ3) is 5.29. The average Bonchev–Trinajstić information content (AvgIpc) is 3.52. The second-order valence-electron chi connectivity index (χ2n) is 11.2. The maximum Gasteiger partial charge on any atom is 0.408 e. The van der Waals surface area contributed by atoms with Crippen LogP contribution in [-0.2, 0) is 9.53 Å². The van der Waals surface area contributed by atoms with Crippen molar-refractivity contribution in [2.24, 2.45) is 0 Å². The molecule has 0 bridgehead atoms. The fourth-order valence-electron chi connectivity index (χ4n) is 4.31. The number of carbonyl (C=O) groups excluding carboxylic acids is 2. The van der Waals surface area contributed by atoms with Gasteiger partial charge in [0.2, 0.25) is 0 Å². The molecule has 2 amide bonds. The Morgan fingerprint density at radius 3 is 2.39 bits per heavy atom. The van der Waals surface area contributed by atoms with E-state index in [0.717, 1.165) is 5.56 Å². The van der Waals surface area contributed by atoms with Crippen LogP contribution >= 0.6 is 12.2 Å². The molecule has 1 saturated carbocycles. The zero-order valence-corrected chi connectivity index (χ0v) is 23.2. The van der Waals surface area contributed by atoms with Gasteiger partial charge in [-0.2, -0.15) is 5.26 Å². The van der Waals surface area contributed by atoms with Gasteiger partial charge in [-0.25, -0.2) is 9.18 Å². The van der Waals surface area contributed by atoms with Crippen molar-refractivity contribution in [2.45, 2.75) is 71.1 Å². The summed E-state index contributed by atoms with van der Waals surface area (Å²) in [6.07, 6.45) is 0.870. The largest absolute Gasteiger partial charge is 0.488 e. The van der Waals surface area contributed by atoms with Crippen molar-refractivity contribution in [1.29, 1.82) is 5.26 Å². The van der Waals surface area contributed by atoms with E-state index < -0.39 is 28.6 Å². The standard InChI is InChI=1S/C28H31FN4O4S/c1-17-13-19(8-7-18(17)15-30)32-23(34)27(5,6)33(25(32)38)20-9-10-22(21(29)14-20)36-16-28(11-12-28)31-24(35)37-26(2,3)4/h7-10,13-14H,11-12,16H2,1-6H3,(H,31,35). The number of thiocarbonyl (C=S) groups is 1. The lowest BCUT2D eigenvalue weighted by atomic mass is 10.0. The molecule has 1 saturated heterocycles. The number of hydrogen-bond donors (Lipinski definition) is 1. The first kappa shape index (κ1) is 27.3. The topological polar surface area (TPSA) is 94.9 Å². The highest BCUT2D eigenvalue weighted by Crippen LogP contribution is 2.39. The first-order chi connectivity index (χ1) is 17.7. The lowest BCUT2D eigenvalue weighted by Crippen LogP contribution is -2.44. The zero-order valence-electron chi connectivity index (χ0n) is 22.3. The van der Waals surface area contributed by atoms with E-state index >= 15 is 4.39 Å². The Kier molecular flexibility index (Phi) is 6.87. The summed E-state index contributed by atoms with van der Waals surface area (Å²) in [6.45, 7) is 10.7. The maximum absolute atomic E-state index is 15.2. The van der Waals surface area contributed by atoms with Crippen LogP contribution < -0.4 is 19.9 Å². The predicted molar refractivity (Wildman–Crippen MR) is 146 cm³/mol. The number of aryl methyl sites for hydroxylation is 1. The minimum absolute atomic E-state index is 0.0276. The third-order valence-electron chi connectivity index (χ3n) is 6.55. The molecule has 8 nitrogen and oxygen atoms in total. The minimum atomic E-state index is -1.08. The number of nitrogens with zero attached hydrogens (tertiary/aromatic N) is 3. The second kappa shape index (κ2) is 9.55. The number of amides is 2. The van der Waals surface area contributed by atoms with Crippen molar-refractivity contribution in [3.05, 3.63) is 53.3 Å². The summed E-state index contributed by atoms with van der Waals surface area (Å²) in [5.74, 6) is -0.856. The summed E-state index contributed by atoms with van der Waals surface area (Å²) >= 11 is 5.68. The molecule has 2 aromatic carbocycles. The van der Waals surface area contributed by atoms with Crippen LogP contribution in [0.3, 0.4) is 0 Å². The van der Waals surface area contributed by atoms with Gasteiger partial charge in [0.25, 0.3) is 5.91 Å². The molecule has 0 aromatic heterocycles. The highest BCUT2D eigenvalue weighted by atomic mass is 32.1. The molecule has 200 valence electrons. The Bertz CT molecular complexity index is 1360. The Hall–Kier alpha value is -3.71. The number of benzene rings is 2. The highest BCUT2D eigenvalue weighted by molar-refractivity contribution is 7.81. The molecule has 0 unspecified atom stereocenters. The summed E-state index contributed by atoms with van der Waals surface area (Å²) < 4.78 is 26.2. The molecule has 2 aliphatic rings. The predicted octanol–water partition coefficient (Wildman–Crippen LogP) is 5.36. The summed E-state index contributed by atoms with van der Waals surface area (Å²) in [5.41, 5.74) is -0.114. The number of alkyl carbamates (subject to hydrolysis) is 1. The first-order valence-corrected chi connectivity index (χ1v) is 12.7. The second-order valence-corrected chi connectivity index (χ2v) is 11.6. The van der Waals surface area contributed by atoms with Crippen LogP contribution in [0, 0.1) is 24.1 Å². The van der Waals surface area contributed by atoms with Crippen molar-refractivity contribution >= 4 is 40.7 Å². The Labute approximate surface area is 227 Å². The molecule has 2 fully saturated rings. The van der Waals surface area contributed by atoms with Crippen LogP contribution in [0.15, 0.2) is 36.4 Å². The van der Waals surface area contributed by atoms with E-state index in [1.54, 1.807) is 70.7 Å². The molecule has 1 heterocycles. The summed E-state index contributed by atoms with van der Waals surface area (Å²) in [7, 11) is 0. The van der Waals surface area contributed by atoms with E-state index in [0.29, 0.717) is 29.8 Å². The van der Waals surface area contributed by atoms with Gasteiger partial charge in [0.05, 0.1) is 22.9 Å². The van der Waals surface area contributed by atoms with E-state index in [1.807, 2.05) is 0 Å². The molecule has 4 rings (SSSR count). The fourth-order valence-corrected chi connectivity index (χ4v) is 4.83. The van der Waals surface area contributed by atoms with Gasteiger partial charge < -0.3 is 19.7 Å². The van der Waals surface area contributed by atoms with Crippen LogP contribution in [0.4, 0.5) is 20.6 Å². The number of nitriles is 1. The van der Waals surface area contributed by atoms with Gasteiger partial charge in [0, 0.05) is 11.8 Å². The van der Waals surface area contributed by atoms with Crippen molar-refractivity contribution < 1.29 is 23.5 Å². The van der Waals surface area contributed by atoms with Crippen molar-refractivity contribution in [3.8, 4) is 11.8 Å². The number of carbonyl (C=O) groups is 2. The molecule has 0 atom stereocenters. The minimum Gasteiger partial charge on any atom is -0.488 e. The molecule has 0 radical (unpaired) electrons. The lowest BCUT2D eigenvalue weighted by Gasteiger charge is -2.29. The van der Waals surface area contributed by atoms with Gasteiger partial charge in [-0.05, 0) is 102 Å². The molecular formula is C28H31FN4O4S.